The molecule has 0 saturated heterocycles. The lowest BCUT2D eigenvalue weighted by molar-refractivity contribution is 0.911. The van der Waals surface area contributed by atoms with Crippen LogP contribution >= 0.6 is 0 Å². The number of aryl methyl sites for hydroxylation is 1. The number of allylic oxidation sites excluding steroid dienone is 2. The van der Waals surface area contributed by atoms with E-state index in [1.807, 2.05) is 0 Å². The zero-order chi connectivity index (χ0) is 17.2. The molecule has 4 rings (SSSR count). The van der Waals surface area contributed by atoms with Gasteiger partial charge in [0.1, 0.15) is 0 Å². The molecule has 0 unspecified atom stereocenters. The molecule has 1 aliphatic carbocycles. The van der Waals surface area contributed by atoms with E-state index < -0.39 is 0 Å². The molecule has 25 heavy (non-hydrogen) atoms. The van der Waals surface area contributed by atoms with Gasteiger partial charge in [-0.1, -0.05) is 87.4 Å². The highest BCUT2D eigenvalue weighted by molar-refractivity contribution is 6.08. The summed E-state index contributed by atoms with van der Waals surface area (Å²) in [6, 6.07) is 22.2. The first-order valence-corrected chi connectivity index (χ1v) is 9.51. The van der Waals surface area contributed by atoms with E-state index in [0.29, 0.717) is 0 Å². The summed E-state index contributed by atoms with van der Waals surface area (Å²) in [6.45, 7) is 4.56. The molecule has 0 aliphatic heterocycles. The Balaban J connectivity index is 1.94. The van der Waals surface area contributed by atoms with E-state index in [4.69, 9.17) is 0 Å². The first kappa shape index (κ1) is 16.1. The van der Waals surface area contributed by atoms with Crippen molar-refractivity contribution in [3.63, 3.8) is 0 Å². The highest BCUT2D eigenvalue weighted by atomic mass is 14.3. The van der Waals surface area contributed by atoms with Crippen molar-refractivity contribution in [2.75, 3.05) is 0 Å². The van der Waals surface area contributed by atoms with Crippen LogP contribution in [0.2, 0.25) is 0 Å². The van der Waals surface area contributed by atoms with Gasteiger partial charge in [0.05, 0.1) is 0 Å². The van der Waals surface area contributed by atoms with Crippen LogP contribution in [-0.2, 0) is 6.42 Å². The van der Waals surface area contributed by atoms with Gasteiger partial charge >= 0.3 is 0 Å². The lowest BCUT2D eigenvalue weighted by Gasteiger charge is -2.13. The predicted octanol–water partition coefficient (Wildman–Crippen LogP) is 7.07. The van der Waals surface area contributed by atoms with E-state index >= 15 is 0 Å². The molecule has 0 heteroatoms. The van der Waals surface area contributed by atoms with Gasteiger partial charge in [-0.3, -0.25) is 0 Å². The monoisotopic (exact) mass is 325 g/mol. The molecule has 1 aliphatic rings. The van der Waals surface area contributed by atoms with E-state index in [1.54, 1.807) is 0 Å². The molecular formula is C25H25. The molecule has 0 N–H and O–H groups in total. The average molecular weight is 325 g/mol. The maximum Gasteiger partial charge on any atom is 0.0214 e. The molecule has 0 fully saturated rings. The molecule has 3 aromatic carbocycles. The van der Waals surface area contributed by atoms with Crippen molar-refractivity contribution in [2.24, 2.45) is 0 Å². The number of fused-ring (bicyclic) bond motifs is 2. The number of rotatable bonds is 5. The summed E-state index contributed by atoms with van der Waals surface area (Å²) < 4.78 is 0. The van der Waals surface area contributed by atoms with Crippen LogP contribution < -0.4 is 0 Å². The Bertz CT molecular complexity index is 938. The molecule has 0 nitrogen and oxygen atoms in total. The van der Waals surface area contributed by atoms with Gasteiger partial charge in [0.25, 0.3) is 0 Å². The molecule has 0 heterocycles. The molecule has 3 aromatic rings. The fourth-order valence-corrected chi connectivity index (χ4v) is 4.17. The largest absolute Gasteiger partial charge is 0.0651 e. The first-order chi connectivity index (χ1) is 12.3. The minimum absolute atomic E-state index is 1.14. The minimum atomic E-state index is 1.14. The van der Waals surface area contributed by atoms with Gasteiger partial charge in [-0.2, -0.15) is 0 Å². The maximum absolute atomic E-state index is 2.42. The Morgan fingerprint density at radius 1 is 0.720 bits per heavy atom. The Morgan fingerprint density at radius 2 is 1.48 bits per heavy atom. The van der Waals surface area contributed by atoms with E-state index in [0.717, 1.165) is 12.8 Å². The second kappa shape index (κ2) is 6.88. The predicted molar refractivity (Wildman–Crippen MR) is 110 cm³/mol. The fourth-order valence-electron chi connectivity index (χ4n) is 4.17. The molecular weight excluding hydrogens is 300 g/mol. The summed E-state index contributed by atoms with van der Waals surface area (Å²) in [5, 5.41) is 2.68. The lowest BCUT2D eigenvalue weighted by Crippen LogP contribution is -1.94. The van der Waals surface area contributed by atoms with Crippen LogP contribution in [0.25, 0.3) is 21.9 Å². The van der Waals surface area contributed by atoms with Crippen molar-refractivity contribution in [3.05, 3.63) is 89.3 Å². The van der Waals surface area contributed by atoms with Crippen molar-refractivity contribution >= 4 is 21.9 Å². The minimum Gasteiger partial charge on any atom is -0.0651 e. The first-order valence-electron chi connectivity index (χ1n) is 9.51. The summed E-state index contributed by atoms with van der Waals surface area (Å²) in [5.74, 6) is 0. The molecule has 125 valence electrons. The van der Waals surface area contributed by atoms with Crippen molar-refractivity contribution < 1.29 is 0 Å². The van der Waals surface area contributed by atoms with Crippen molar-refractivity contribution in [3.8, 4) is 0 Å². The van der Waals surface area contributed by atoms with Crippen LogP contribution in [0.15, 0.2) is 60.7 Å². The van der Waals surface area contributed by atoms with Crippen LogP contribution in [0.4, 0.5) is 0 Å². The molecule has 0 bridgehead atoms. The number of hydrogen-bond donors (Lipinski definition) is 0. The molecule has 0 aromatic heterocycles. The lowest BCUT2D eigenvalue weighted by atomic mass is 9.91. The van der Waals surface area contributed by atoms with E-state index in [9.17, 15) is 0 Å². The normalized spacial score (nSPS) is 13.5. The van der Waals surface area contributed by atoms with Gasteiger partial charge in [0.2, 0.25) is 0 Å². The average Bonchev–Trinajstić information content (AvgIpc) is 3.01. The van der Waals surface area contributed by atoms with Crippen LogP contribution in [-0.4, -0.2) is 0 Å². The van der Waals surface area contributed by atoms with E-state index in [-0.39, 0.29) is 0 Å². The van der Waals surface area contributed by atoms with Gasteiger partial charge in [-0.05, 0) is 57.0 Å². The van der Waals surface area contributed by atoms with Crippen LogP contribution in [0.3, 0.4) is 0 Å². The summed E-state index contributed by atoms with van der Waals surface area (Å²) in [7, 11) is 0. The van der Waals surface area contributed by atoms with Crippen LogP contribution in [0.1, 0.15) is 55.4 Å². The van der Waals surface area contributed by atoms with Gasteiger partial charge in [0, 0.05) is 6.42 Å². The second-order valence-corrected chi connectivity index (χ2v) is 6.94. The van der Waals surface area contributed by atoms with Gasteiger partial charge in [-0.25, -0.2) is 0 Å². The zero-order valence-corrected chi connectivity index (χ0v) is 15.2. The van der Waals surface area contributed by atoms with Crippen LogP contribution in [0, 0.1) is 6.42 Å². The van der Waals surface area contributed by atoms with E-state index in [1.165, 1.54) is 57.0 Å². The smallest absolute Gasteiger partial charge is 0.0214 e. The molecule has 0 amide bonds. The summed E-state index contributed by atoms with van der Waals surface area (Å²) in [6.07, 6.45) is 7.09. The molecule has 1 radical (unpaired) electrons. The third-order valence-corrected chi connectivity index (χ3v) is 5.21. The summed E-state index contributed by atoms with van der Waals surface area (Å²) in [5.41, 5.74) is 8.76. The van der Waals surface area contributed by atoms with Gasteiger partial charge in [0.15, 0.2) is 0 Å². The Kier molecular flexibility index (Phi) is 4.44. The summed E-state index contributed by atoms with van der Waals surface area (Å²) in [4.78, 5) is 0. The number of hydrogen-bond acceptors (Lipinski definition) is 0. The molecule has 0 atom stereocenters. The maximum atomic E-state index is 2.42. The fraction of sp³-hybridized carbons (Fsp3) is 0.240. The Hall–Kier alpha value is -2.34. The molecule has 0 spiro atoms. The van der Waals surface area contributed by atoms with Crippen molar-refractivity contribution in [1.82, 2.24) is 0 Å². The Morgan fingerprint density at radius 3 is 2.32 bits per heavy atom. The third kappa shape index (κ3) is 2.80. The van der Waals surface area contributed by atoms with Gasteiger partial charge < -0.3 is 0 Å². The highest BCUT2D eigenvalue weighted by Crippen LogP contribution is 2.45. The van der Waals surface area contributed by atoms with E-state index in [2.05, 4.69) is 80.9 Å². The standard InChI is InChI=1S/C25H25/c1-3-9-19-13-7-14-20-17-24(23(10-4-2)25(19)20)22-16-8-12-18-11-5-6-15-21(18)22/h5-8,11-17H,3-4,9-10H2,1-2H3. The number of benzene rings is 3. The second-order valence-electron chi connectivity index (χ2n) is 6.94. The van der Waals surface area contributed by atoms with Crippen LogP contribution in [0.5, 0.6) is 0 Å². The third-order valence-electron chi connectivity index (χ3n) is 5.21. The van der Waals surface area contributed by atoms with Crippen molar-refractivity contribution in [2.45, 2.75) is 39.5 Å². The SMILES string of the molecule is CCCC1=C(c2cccc3ccccc23)[CH]c2cccc(CCC)c21. The quantitative estimate of drug-likeness (QED) is 0.470. The highest BCUT2D eigenvalue weighted by Gasteiger charge is 2.25. The summed E-state index contributed by atoms with van der Waals surface area (Å²) >= 11 is 0. The van der Waals surface area contributed by atoms with Gasteiger partial charge in [-0.15, -0.1) is 0 Å². The zero-order valence-electron chi connectivity index (χ0n) is 15.2. The Labute approximate surface area is 151 Å². The van der Waals surface area contributed by atoms with Crippen molar-refractivity contribution in [1.29, 1.82) is 0 Å². The topological polar surface area (TPSA) is 0 Å². The molecule has 0 saturated carbocycles.